The number of esters is 2. The quantitative estimate of drug-likeness (QED) is 0.536. The Labute approximate surface area is 168 Å². The highest BCUT2D eigenvalue weighted by molar-refractivity contribution is 7.99. The van der Waals surface area contributed by atoms with Crippen LogP contribution in [0, 0.1) is 13.8 Å². The monoisotopic (exact) mass is 401 g/mol. The van der Waals surface area contributed by atoms with E-state index in [9.17, 15) is 14.4 Å². The molecule has 0 aromatic heterocycles. The van der Waals surface area contributed by atoms with Crippen LogP contribution in [0.15, 0.2) is 47.4 Å². The fourth-order valence-corrected chi connectivity index (χ4v) is 3.13. The van der Waals surface area contributed by atoms with E-state index in [2.05, 4.69) is 10.1 Å². The van der Waals surface area contributed by atoms with E-state index in [0.29, 0.717) is 17.0 Å². The topological polar surface area (TPSA) is 81.7 Å². The normalized spacial score (nSPS) is 10.2. The molecule has 0 aliphatic rings. The summed E-state index contributed by atoms with van der Waals surface area (Å²) >= 11 is 1.56. The average Bonchev–Trinajstić information content (AvgIpc) is 2.69. The lowest BCUT2D eigenvalue weighted by Crippen LogP contribution is -2.21. The molecule has 28 heavy (non-hydrogen) atoms. The molecule has 2 rings (SSSR count). The van der Waals surface area contributed by atoms with Crippen molar-refractivity contribution in [2.24, 2.45) is 0 Å². The van der Waals surface area contributed by atoms with Crippen LogP contribution in [0.5, 0.6) is 0 Å². The summed E-state index contributed by atoms with van der Waals surface area (Å²) < 4.78 is 9.68. The van der Waals surface area contributed by atoms with Gasteiger partial charge in [0.1, 0.15) is 0 Å². The lowest BCUT2D eigenvalue weighted by Gasteiger charge is -2.10. The summed E-state index contributed by atoms with van der Waals surface area (Å²) in [4.78, 5) is 36.5. The van der Waals surface area contributed by atoms with Crippen LogP contribution in [0.25, 0.3) is 0 Å². The Morgan fingerprint density at radius 3 is 2.43 bits per heavy atom. The molecule has 0 spiro atoms. The van der Waals surface area contributed by atoms with Crippen LogP contribution >= 0.6 is 11.8 Å². The summed E-state index contributed by atoms with van der Waals surface area (Å²) in [5.41, 5.74) is 2.76. The van der Waals surface area contributed by atoms with Crippen molar-refractivity contribution >= 4 is 35.3 Å². The number of thioether (sulfide) groups is 1. The van der Waals surface area contributed by atoms with Crippen LogP contribution in [0.3, 0.4) is 0 Å². The Morgan fingerprint density at radius 1 is 1.04 bits per heavy atom. The zero-order valence-electron chi connectivity index (χ0n) is 16.1. The second kappa shape index (κ2) is 10.5. The summed E-state index contributed by atoms with van der Waals surface area (Å²) in [6, 6.07) is 12.9. The number of anilines is 1. The number of benzene rings is 2. The standard InChI is InChI=1S/C21H23NO5S/c1-14-4-8-17(9-5-14)28-11-10-20(24)27-13-19(23)22-18-12-16(21(25)26-3)7-6-15(18)2/h4-9,12H,10-11,13H2,1-3H3,(H,22,23). The molecule has 0 bridgehead atoms. The fraction of sp³-hybridized carbons (Fsp3) is 0.286. The van der Waals surface area contributed by atoms with Gasteiger partial charge in [-0.1, -0.05) is 23.8 Å². The number of aryl methyl sites for hydroxylation is 2. The SMILES string of the molecule is COC(=O)c1ccc(C)c(NC(=O)COC(=O)CCSc2ccc(C)cc2)c1. The summed E-state index contributed by atoms with van der Waals surface area (Å²) in [5.74, 6) is -0.823. The van der Waals surface area contributed by atoms with E-state index in [0.717, 1.165) is 10.5 Å². The molecule has 6 nitrogen and oxygen atoms in total. The molecule has 0 heterocycles. The molecule has 0 aliphatic carbocycles. The number of carbonyl (C=O) groups is 3. The Bertz CT molecular complexity index is 848. The van der Waals surface area contributed by atoms with Crippen LogP contribution in [0.2, 0.25) is 0 Å². The molecule has 0 fully saturated rings. The molecule has 148 valence electrons. The van der Waals surface area contributed by atoms with Crippen molar-refractivity contribution in [1.82, 2.24) is 0 Å². The van der Waals surface area contributed by atoms with Crippen molar-refractivity contribution in [2.45, 2.75) is 25.2 Å². The maximum Gasteiger partial charge on any atom is 0.337 e. The van der Waals surface area contributed by atoms with Gasteiger partial charge in [-0.05, 0) is 43.7 Å². The van der Waals surface area contributed by atoms with Gasteiger partial charge in [-0.3, -0.25) is 9.59 Å². The first-order valence-corrected chi connectivity index (χ1v) is 9.71. The van der Waals surface area contributed by atoms with Gasteiger partial charge in [0, 0.05) is 16.3 Å². The number of ether oxygens (including phenoxy) is 2. The smallest absolute Gasteiger partial charge is 0.337 e. The molecule has 0 aliphatic heterocycles. The number of hydrogen-bond donors (Lipinski definition) is 1. The zero-order chi connectivity index (χ0) is 20.5. The lowest BCUT2D eigenvalue weighted by atomic mass is 10.1. The van der Waals surface area contributed by atoms with Gasteiger partial charge in [0.05, 0.1) is 19.1 Å². The summed E-state index contributed by atoms with van der Waals surface area (Å²) in [6.45, 7) is 3.44. The van der Waals surface area contributed by atoms with Crippen LogP contribution < -0.4 is 5.32 Å². The minimum atomic E-state index is -0.493. The second-order valence-corrected chi connectivity index (χ2v) is 7.31. The third-order valence-corrected chi connectivity index (χ3v) is 4.91. The first-order valence-electron chi connectivity index (χ1n) is 8.73. The summed E-state index contributed by atoms with van der Waals surface area (Å²) in [7, 11) is 1.29. The Hall–Kier alpha value is -2.80. The van der Waals surface area contributed by atoms with Gasteiger partial charge in [-0.2, -0.15) is 0 Å². The fourth-order valence-electron chi connectivity index (χ4n) is 2.29. The number of carbonyl (C=O) groups excluding carboxylic acids is 3. The highest BCUT2D eigenvalue weighted by Crippen LogP contribution is 2.19. The number of amides is 1. The predicted molar refractivity (Wildman–Crippen MR) is 109 cm³/mol. The number of hydrogen-bond acceptors (Lipinski definition) is 6. The Morgan fingerprint density at radius 2 is 1.75 bits per heavy atom. The zero-order valence-corrected chi connectivity index (χ0v) is 16.9. The lowest BCUT2D eigenvalue weighted by molar-refractivity contribution is -0.146. The molecule has 1 amide bonds. The molecule has 2 aromatic carbocycles. The van der Waals surface area contributed by atoms with Crippen molar-refractivity contribution in [3.8, 4) is 0 Å². The molecule has 0 atom stereocenters. The van der Waals surface area contributed by atoms with Crippen LogP contribution in [-0.2, 0) is 19.1 Å². The molecule has 1 N–H and O–H groups in total. The average molecular weight is 401 g/mol. The molecule has 0 saturated heterocycles. The Balaban J connectivity index is 1.76. The largest absolute Gasteiger partial charge is 0.465 e. The Kier molecular flexibility index (Phi) is 8.07. The third-order valence-electron chi connectivity index (χ3n) is 3.89. The predicted octanol–water partition coefficient (Wildman–Crippen LogP) is 3.75. The molecule has 7 heteroatoms. The van der Waals surface area contributed by atoms with Crippen LogP contribution in [-0.4, -0.2) is 37.3 Å². The molecule has 2 aromatic rings. The van der Waals surface area contributed by atoms with Gasteiger partial charge in [0.2, 0.25) is 0 Å². The highest BCUT2D eigenvalue weighted by atomic mass is 32.2. The van der Waals surface area contributed by atoms with Crippen molar-refractivity contribution in [3.05, 3.63) is 59.2 Å². The van der Waals surface area contributed by atoms with E-state index in [4.69, 9.17) is 4.74 Å². The van der Waals surface area contributed by atoms with Gasteiger partial charge >= 0.3 is 11.9 Å². The number of methoxy groups -OCH3 is 1. The molecule has 0 saturated carbocycles. The van der Waals surface area contributed by atoms with Crippen molar-refractivity contribution in [1.29, 1.82) is 0 Å². The number of nitrogens with one attached hydrogen (secondary N) is 1. The second-order valence-electron chi connectivity index (χ2n) is 6.14. The van der Waals surface area contributed by atoms with Crippen LogP contribution in [0.4, 0.5) is 5.69 Å². The minimum absolute atomic E-state index is 0.211. The van der Waals surface area contributed by atoms with E-state index in [1.807, 2.05) is 31.2 Å². The number of rotatable bonds is 8. The van der Waals surface area contributed by atoms with E-state index in [1.165, 1.54) is 18.7 Å². The van der Waals surface area contributed by atoms with Crippen molar-refractivity contribution in [2.75, 3.05) is 24.8 Å². The molecular weight excluding hydrogens is 378 g/mol. The summed E-state index contributed by atoms with van der Waals surface area (Å²) in [6.07, 6.45) is 0.211. The minimum Gasteiger partial charge on any atom is -0.465 e. The van der Waals surface area contributed by atoms with Crippen molar-refractivity contribution < 1.29 is 23.9 Å². The summed E-state index contributed by atoms with van der Waals surface area (Å²) in [5, 5.41) is 2.64. The van der Waals surface area contributed by atoms with Crippen molar-refractivity contribution in [3.63, 3.8) is 0 Å². The maximum absolute atomic E-state index is 12.0. The third kappa shape index (κ3) is 6.74. The van der Waals surface area contributed by atoms with Gasteiger partial charge in [0.25, 0.3) is 5.91 Å². The van der Waals surface area contributed by atoms with E-state index in [1.54, 1.807) is 30.8 Å². The van der Waals surface area contributed by atoms with E-state index < -0.39 is 17.8 Å². The highest BCUT2D eigenvalue weighted by Gasteiger charge is 2.12. The van der Waals surface area contributed by atoms with Gasteiger partial charge in [-0.15, -0.1) is 11.8 Å². The van der Waals surface area contributed by atoms with Gasteiger partial charge in [0.15, 0.2) is 6.61 Å². The molecule has 0 unspecified atom stereocenters. The maximum atomic E-state index is 12.0. The molecule has 0 radical (unpaired) electrons. The van der Waals surface area contributed by atoms with Gasteiger partial charge < -0.3 is 14.8 Å². The van der Waals surface area contributed by atoms with Gasteiger partial charge in [-0.25, -0.2) is 4.79 Å². The van der Waals surface area contributed by atoms with E-state index in [-0.39, 0.29) is 13.0 Å². The van der Waals surface area contributed by atoms with Crippen LogP contribution in [0.1, 0.15) is 27.9 Å². The first-order chi connectivity index (χ1) is 13.4. The van der Waals surface area contributed by atoms with E-state index >= 15 is 0 Å². The molecular formula is C21H23NO5S. The first kappa shape index (κ1) is 21.5.